The molecule has 1 atom stereocenters. The van der Waals surface area contributed by atoms with E-state index in [4.69, 9.17) is 0 Å². The summed E-state index contributed by atoms with van der Waals surface area (Å²) >= 11 is 0. The van der Waals surface area contributed by atoms with Crippen molar-refractivity contribution in [1.29, 1.82) is 0 Å². The van der Waals surface area contributed by atoms with Gasteiger partial charge < -0.3 is 5.11 Å². The first kappa shape index (κ1) is 12.8. The third-order valence-electron chi connectivity index (χ3n) is 3.77. The molecular weight excluding hydrogens is 246 g/mol. The molecule has 0 bridgehead atoms. The Balaban J connectivity index is 2.10. The second-order valence-electron chi connectivity index (χ2n) is 5.35. The molecule has 0 amide bonds. The predicted molar refractivity (Wildman–Crippen MR) is 81.6 cm³/mol. The van der Waals surface area contributed by atoms with Gasteiger partial charge >= 0.3 is 0 Å². The van der Waals surface area contributed by atoms with Gasteiger partial charge in [-0.1, -0.05) is 48.0 Å². The van der Waals surface area contributed by atoms with E-state index in [2.05, 4.69) is 4.98 Å². The van der Waals surface area contributed by atoms with E-state index in [9.17, 15) is 5.11 Å². The fourth-order valence-corrected chi connectivity index (χ4v) is 2.38. The van der Waals surface area contributed by atoms with E-state index >= 15 is 0 Å². The SMILES string of the molecule is Cc1ccc(C(C)(O)c2cnc3ccccc3c2)cc1. The van der Waals surface area contributed by atoms with Crippen molar-refractivity contribution in [2.75, 3.05) is 0 Å². The maximum Gasteiger partial charge on any atom is 0.113 e. The van der Waals surface area contributed by atoms with Gasteiger partial charge in [-0.3, -0.25) is 4.98 Å². The van der Waals surface area contributed by atoms with Crippen LogP contribution in [0.3, 0.4) is 0 Å². The Morgan fingerprint density at radius 3 is 2.40 bits per heavy atom. The molecule has 0 saturated heterocycles. The lowest BCUT2D eigenvalue weighted by Gasteiger charge is -2.24. The zero-order valence-corrected chi connectivity index (χ0v) is 11.7. The molecule has 3 rings (SSSR count). The van der Waals surface area contributed by atoms with E-state index in [0.29, 0.717) is 0 Å². The molecule has 1 unspecified atom stereocenters. The van der Waals surface area contributed by atoms with E-state index < -0.39 is 5.60 Å². The van der Waals surface area contributed by atoms with Crippen LogP contribution in [0.1, 0.15) is 23.6 Å². The number of aliphatic hydroxyl groups is 1. The van der Waals surface area contributed by atoms with Crippen LogP contribution in [0.4, 0.5) is 0 Å². The van der Waals surface area contributed by atoms with Crippen LogP contribution in [0, 0.1) is 6.92 Å². The molecule has 0 saturated carbocycles. The molecular formula is C18H17NO. The molecule has 0 radical (unpaired) electrons. The van der Waals surface area contributed by atoms with Crippen molar-refractivity contribution in [1.82, 2.24) is 4.98 Å². The van der Waals surface area contributed by atoms with E-state index in [-0.39, 0.29) is 0 Å². The number of benzene rings is 2. The molecule has 1 heterocycles. The number of para-hydroxylation sites is 1. The summed E-state index contributed by atoms with van der Waals surface area (Å²) in [5, 5.41) is 11.9. The second kappa shape index (κ2) is 4.73. The maximum atomic E-state index is 10.9. The summed E-state index contributed by atoms with van der Waals surface area (Å²) in [7, 11) is 0. The molecule has 2 aromatic carbocycles. The van der Waals surface area contributed by atoms with Crippen molar-refractivity contribution < 1.29 is 5.11 Å². The summed E-state index contributed by atoms with van der Waals surface area (Å²) in [6, 6.07) is 17.9. The minimum atomic E-state index is -1.04. The summed E-state index contributed by atoms with van der Waals surface area (Å²) in [6.45, 7) is 3.85. The summed E-state index contributed by atoms with van der Waals surface area (Å²) in [6.07, 6.45) is 1.75. The minimum absolute atomic E-state index is 0.806. The van der Waals surface area contributed by atoms with Gasteiger partial charge in [-0.05, 0) is 31.5 Å². The lowest BCUT2D eigenvalue weighted by atomic mass is 9.88. The Kier molecular flexibility index (Phi) is 3.03. The first-order valence-electron chi connectivity index (χ1n) is 6.72. The zero-order valence-electron chi connectivity index (χ0n) is 11.7. The smallest absolute Gasteiger partial charge is 0.113 e. The van der Waals surface area contributed by atoms with Gasteiger partial charge in [-0.15, -0.1) is 0 Å². The van der Waals surface area contributed by atoms with Crippen molar-refractivity contribution in [3.63, 3.8) is 0 Å². The number of hydrogen-bond acceptors (Lipinski definition) is 2. The average molecular weight is 263 g/mol. The van der Waals surface area contributed by atoms with Gasteiger partial charge in [0.2, 0.25) is 0 Å². The second-order valence-corrected chi connectivity index (χ2v) is 5.35. The van der Waals surface area contributed by atoms with Crippen LogP contribution in [0.25, 0.3) is 10.9 Å². The van der Waals surface area contributed by atoms with Crippen LogP contribution in [0.5, 0.6) is 0 Å². The molecule has 100 valence electrons. The monoisotopic (exact) mass is 263 g/mol. The van der Waals surface area contributed by atoms with Gasteiger partial charge in [-0.2, -0.15) is 0 Å². The highest BCUT2D eigenvalue weighted by Gasteiger charge is 2.26. The third-order valence-corrected chi connectivity index (χ3v) is 3.77. The van der Waals surface area contributed by atoms with E-state index in [1.807, 2.05) is 68.4 Å². The van der Waals surface area contributed by atoms with Crippen molar-refractivity contribution in [3.8, 4) is 0 Å². The van der Waals surface area contributed by atoms with Crippen LogP contribution in [-0.2, 0) is 5.60 Å². The largest absolute Gasteiger partial charge is 0.381 e. The maximum absolute atomic E-state index is 10.9. The molecule has 3 aromatic rings. The van der Waals surface area contributed by atoms with Crippen LogP contribution >= 0.6 is 0 Å². The van der Waals surface area contributed by atoms with Gasteiger partial charge in [0.1, 0.15) is 5.60 Å². The van der Waals surface area contributed by atoms with E-state index in [1.54, 1.807) is 6.20 Å². The van der Waals surface area contributed by atoms with Crippen LogP contribution < -0.4 is 0 Å². The van der Waals surface area contributed by atoms with Crippen molar-refractivity contribution in [2.45, 2.75) is 19.4 Å². The summed E-state index contributed by atoms with van der Waals surface area (Å²) in [5.41, 5.74) is 2.77. The van der Waals surface area contributed by atoms with Gasteiger partial charge in [0, 0.05) is 17.1 Å². The van der Waals surface area contributed by atoms with Gasteiger partial charge in [0.05, 0.1) is 5.52 Å². The van der Waals surface area contributed by atoms with Crippen LogP contribution in [0.2, 0.25) is 0 Å². The number of rotatable bonds is 2. The lowest BCUT2D eigenvalue weighted by Crippen LogP contribution is -2.22. The van der Waals surface area contributed by atoms with E-state index in [0.717, 1.165) is 22.0 Å². The number of aryl methyl sites for hydroxylation is 1. The molecule has 1 aromatic heterocycles. The zero-order chi connectivity index (χ0) is 14.2. The number of pyridine rings is 1. The van der Waals surface area contributed by atoms with Crippen molar-refractivity contribution in [3.05, 3.63) is 77.5 Å². The molecule has 2 nitrogen and oxygen atoms in total. The predicted octanol–water partition coefficient (Wildman–Crippen LogP) is 3.80. The Bertz CT molecular complexity index is 745. The highest BCUT2D eigenvalue weighted by molar-refractivity contribution is 5.79. The molecule has 1 N–H and O–H groups in total. The van der Waals surface area contributed by atoms with Gasteiger partial charge in [0.25, 0.3) is 0 Å². The molecule has 0 aliphatic heterocycles. The normalized spacial score (nSPS) is 14.2. The molecule has 0 fully saturated rings. The Morgan fingerprint density at radius 1 is 0.950 bits per heavy atom. The average Bonchev–Trinajstić information content (AvgIpc) is 2.47. The first-order chi connectivity index (χ1) is 9.57. The summed E-state index contributed by atoms with van der Waals surface area (Å²) in [4.78, 5) is 4.43. The van der Waals surface area contributed by atoms with Crippen LogP contribution in [-0.4, -0.2) is 10.1 Å². The Labute approximate surface area is 118 Å². The lowest BCUT2D eigenvalue weighted by molar-refractivity contribution is 0.102. The van der Waals surface area contributed by atoms with Gasteiger partial charge in [0.15, 0.2) is 0 Å². The summed E-state index contributed by atoms with van der Waals surface area (Å²) in [5.74, 6) is 0. The highest BCUT2D eigenvalue weighted by Crippen LogP contribution is 2.30. The Morgan fingerprint density at radius 2 is 1.65 bits per heavy atom. The standard InChI is InChI=1S/C18H17NO/c1-13-7-9-15(10-8-13)18(2,20)16-11-14-5-3-4-6-17(14)19-12-16/h3-12,20H,1-2H3. The number of fused-ring (bicyclic) bond motifs is 1. The molecule has 0 aliphatic carbocycles. The topological polar surface area (TPSA) is 33.1 Å². The first-order valence-corrected chi connectivity index (χ1v) is 6.72. The quantitative estimate of drug-likeness (QED) is 0.763. The van der Waals surface area contributed by atoms with Crippen molar-refractivity contribution >= 4 is 10.9 Å². The molecule has 20 heavy (non-hydrogen) atoms. The highest BCUT2D eigenvalue weighted by atomic mass is 16.3. The Hall–Kier alpha value is -2.19. The summed E-state index contributed by atoms with van der Waals surface area (Å²) < 4.78 is 0. The fraction of sp³-hybridized carbons (Fsp3) is 0.167. The number of aromatic nitrogens is 1. The molecule has 2 heteroatoms. The van der Waals surface area contributed by atoms with Gasteiger partial charge in [-0.25, -0.2) is 0 Å². The number of nitrogens with zero attached hydrogens (tertiary/aromatic N) is 1. The number of hydrogen-bond donors (Lipinski definition) is 1. The van der Waals surface area contributed by atoms with Crippen molar-refractivity contribution in [2.24, 2.45) is 0 Å². The minimum Gasteiger partial charge on any atom is -0.381 e. The van der Waals surface area contributed by atoms with Crippen LogP contribution in [0.15, 0.2) is 60.8 Å². The van der Waals surface area contributed by atoms with E-state index in [1.165, 1.54) is 5.56 Å². The molecule has 0 spiro atoms. The third kappa shape index (κ3) is 2.19. The molecule has 0 aliphatic rings. The fourth-order valence-electron chi connectivity index (χ4n) is 2.38.